The summed E-state index contributed by atoms with van der Waals surface area (Å²) in [6, 6.07) is 6.71. The van der Waals surface area contributed by atoms with E-state index in [0.717, 1.165) is 5.39 Å². The van der Waals surface area contributed by atoms with Crippen molar-refractivity contribution in [2.45, 2.75) is 23.8 Å². The first-order valence-corrected chi connectivity index (χ1v) is 10.9. The fraction of sp³-hybridized carbons (Fsp3) is 0.286. The van der Waals surface area contributed by atoms with Crippen LogP contribution in [0.5, 0.6) is 0 Å². The highest BCUT2D eigenvalue weighted by Crippen LogP contribution is 2.29. The van der Waals surface area contributed by atoms with Crippen molar-refractivity contribution in [1.29, 1.82) is 0 Å². The van der Waals surface area contributed by atoms with Crippen molar-refractivity contribution >= 4 is 42.8 Å². The molecule has 2 heterocycles. The zero-order chi connectivity index (χ0) is 19.8. The monoisotopic (exact) mass is 436 g/mol. The topological polar surface area (TPSA) is 161 Å². The van der Waals surface area contributed by atoms with E-state index in [1.54, 1.807) is 24.3 Å². The van der Waals surface area contributed by atoms with E-state index >= 15 is 0 Å². The van der Waals surface area contributed by atoms with Gasteiger partial charge in [-0.25, -0.2) is 0 Å². The van der Waals surface area contributed by atoms with E-state index in [4.69, 9.17) is 29.5 Å². The van der Waals surface area contributed by atoms with Crippen LogP contribution in [0.4, 0.5) is 0 Å². The SMILES string of the molecule is O=S(=O)(O)C(CCCc1nnc(-c2cc3cc(Cl)ccc3o2)o1)S(=O)(=O)O. The van der Waals surface area contributed by atoms with Gasteiger partial charge in [0.25, 0.3) is 26.1 Å². The van der Waals surface area contributed by atoms with E-state index in [2.05, 4.69) is 10.2 Å². The number of halogens is 1. The zero-order valence-corrected chi connectivity index (χ0v) is 15.8. The lowest BCUT2D eigenvalue weighted by Gasteiger charge is -2.09. The maximum atomic E-state index is 11.1. The van der Waals surface area contributed by atoms with Crippen molar-refractivity contribution in [3.63, 3.8) is 0 Å². The molecule has 10 nitrogen and oxygen atoms in total. The van der Waals surface area contributed by atoms with E-state index < -0.39 is 31.2 Å². The molecule has 2 N–H and O–H groups in total. The molecular formula is C14H13ClN2O8S2. The summed E-state index contributed by atoms with van der Waals surface area (Å²) in [6.45, 7) is 0. The van der Waals surface area contributed by atoms with Crippen LogP contribution in [0, 0.1) is 0 Å². The molecule has 27 heavy (non-hydrogen) atoms. The van der Waals surface area contributed by atoms with Gasteiger partial charge in [0, 0.05) is 16.8 Å². The summed E-state index contributed by atoms with van der Waals surface area (Å²) in [6.07, 6.45) is -0.569. The van der Waals surface area contributed by atoms with Gasteiger partial charge in [-0.1, -0.05) is 11.6 Å². The average molecular weight is 437 g/mol. The molecular weight excluding hydrogens is 424 g/mol. The summed E-state index contributed by atoms with van der Waals surface area (Å²) in [5.41, 5.74) is 0.568. The van der Waals surface area contributed by atoms with E-state index in [1.165, 1.54) is 0 Å². The van der Waals surface area contributed by atoms with Gasteiger partial charge in [0.2, 0.25) is 10.5 Å². The Morgan fingerprint density at radius 1 is 1.04 bits per heavy atom. The van der Waals surface area contributed by atoms with Crippen LogP contribution >= 0.6 is 11.6 Å². The highest BCUT2D eigenvalue weighted by atomic mass is 35.5. The van der Waals surface area contributed by atoms with Gasteiger partial charge in [-0.15, -0.1) is 10.2 Å². The van der Waals surface area contributed by atoms with Crippen LogP contribution in [-0.2, 0) is 26.7 Å². The highest BCUT2D eigenvalue weighted by molar-refractivity contribution is 8.03. The number of hydrogen-bond donors (Lipinski definition) is 2. The second-order valence-corrected chi connectivity index (χ2v) is 9.58. The van der Waals surface area contributed by atoms with Crippen molar-refractivity contribution in [1.82, 2.24) is 10.2 Å². The smallest absolute Gasteiger partial charge is 0.284 e. The molecule has 0 spiro atoms. The van der Waals surface area contributed by atoms with Crippen molar-refractivity contribution < 1.29 is 34.8 Å². The number of benzene rings is 1. The number of nitrogens with zero attached hydrogens (tertiary/aromatic N) is 2. The Morgan fingerprint density at radius 3 is 2.41 bits per heavy atom. The van der Waals surface area contributed by atoms with Gasteiger partial charge >= 0.3 is 0 Å². The number of furan rings is 1. The summed E-state index contributed by atoms with van der Waals surface area (Å²) in [5.74, 6) is 0.492. The minimum absolute atomic E-state index is 0.0284. The first-order chi connectivity index (χ1) is 12.5. The van der Waals surface area contributed by atoms with Crippen LogP contribution < -0.4 is 0 Å². The number of rotatable bonds is 7. The van der Waals surface area contributed by atoms with Gasteiger partial charge in [0.1, 0.15) is 5.58 Å². The molecule has 3 rings (SSSR count). The molecule has 0 bridgehead atoms. The molecule has 0 atom stereocenters. The fourth-order valence-corrected chi connectivity index (χ4v) is 4.78. The molecule has 0 unspecified atom stereocenters. The molecule has 146 valence electrons. The average Bonchev–Trinajstić information content (AvgIpc) is 3.14. The standard InChI is InChI=1S/C14H13ClN2O8S2/c15-9-4-5-10-8(6-9)7-11(24-10)14-17-16-12(25-14)2-1-3-13(26(18,19)20)27(21,22)23/h4-7,13H,1-3H2,(H,18,19,20)(H,21,22,23). The van der Waals surface area contributed by atoms with Crippen molar-refractivity contribution in [3.05, 3.63) is 35.2 Å². The van der Waals surface area contributed by atoms with Crippen LogP contribution in [0.3, 0.4) is 0 Å². The predicted molar refractivity (Wildman–Crippen MR) is 94.3 cm³/mol. The predicted octanol–water partition coefficient (Wildman–Crippen LogP) is 2.56. The minimum Gasteiger partial charge on any atom is -0.451 e. The van der Waals surface area contributed by atoms with Gasteiger partial charge in [0.05, 0.1) is 0 Å². The first-order valence-electron chi connectivity index (χ1n) is 7.48. The maximum Gasteiger partial charge on any atom is 0.284 e. The molecule has 1 aromatic carbocycles. The maximum absolute atomic E-state index is 11.1. The zero-order valence-electron chi connectivity index (χ0n) is 13.4. The quantitative estimate of drug-likeness (QED) is 0.526. The van der Waals surface area contributed by atoms with Crippen LogP contribution in [0.15, 0.2) is 33.1 Å². The Hall–Kier alpha value is -1.99. The number of aromatic nitrogens is 2. The van der Waals surface area contributed by atoms with Gasteiger partial charge in [-0.05, 0) is 37.1 Å². The molecule has 13 heteroatoms. The molecule has 0 saturated heterocycles. The van der Waals surface area contributed by atoms with Gasteiger partial charge < -0.3 is 8.83 Å². The van der Waals surface area contributed by atoms with Crippen molar-refractivity contribution in [2.24, 2.45) is 0 Å². The molecule has 0 aliphatic rings. The lowest BCUT2D eigenvalue weighted by Crippen LogP contribution is -2.29. The lowest BCUT2D eigenvalue weighted by molar-refractivity contribution is 0.442. The third-order valence-electron chi connectivity index (χ3n) is 3.65. The Balaban J connectivity index is 1.70. The number of fused-ring (bicyclic) bond motifs is 1. The summed E-state index contributed by atoms with van der Waals surface area (Å²) in [5, 5.41) is 8.87. The normalized spacial score (nSPS) is 12.9. The molecule has 0 aliphatic heterocycles. The van der Waals surface area contributed by atoms with Gasteiger partial charge in [-0.2, -0.15) is 16.8 Å². The summed E-state index contributed by atoms with van der Waals surface area (Å²) in [7, 11) is -9.93. The molecule has 0 amide bonds. The third-order valence-corrected chi connectivity index (χ3v) is 7.15. The first kappa shape index (κ1) is 19.8. The number of aryl methyl sites for hydroxylation is 1. The Bertz CT molecular complexity index is 1150. The molecule has 0 aliphatic carbocycles. The highest BCUT2D eigenvalue weighted by Gasteiger charge is 2.34. The lowest BCUT2D eigenvalue weighted by atomic mass is 10.2. The third kappa shape index (κ3) is 4.65. The van der Waals surface area contributed by atoms with Crippen molar-refractivity contribution in [3.8, 4) is 11.7 Å². The molecule has 0 fully saturated rings. The fourth-order valence-electron chi connectivity index (χ4n) is 2.45. The van der Waals surface area contributed by atoms with E-state index in [0.29, 0.717) is 16.4 Å². The molecule has 0 saturated carbocycles. The minimum atomic E-state index is -4.96. The Kier molecular flexibility index (Phi) is 5.27. The van der Waals surface area contributed by atoms with Crippen LogP contribution in [0.1, 0.15) is 18.7 Å². The largest absolute Gasteiger partial charge is 0.451 e. The second kappa shape index (κ2) is 7.20. The van der Waals surface area contributed by atoms with Gasteiger partial charge in [0.15, 0.2) is 5.76 Å². The van der Waals surface area contributed by atoms with E-state index in [9.17, 15) is 16.8 Å². The summed E-state index contributed by atoms with van der Waals surface area (Å²) >= 11 is 5.91. The second-order valence-electron chi connectivity index (χ2n) is 5.65. The summed E-state index contributed by atoms with van der Waals surface area (Å²) < 4.78 is 70.7. The Labute approximate surface area is 158 Å². The molecule has 2 aromatic heterocycles. The summed E-state index contributed by atoms with van der Waals surface area (Å²) in [4.78, 5) is 0. The van der Waals surface area contributed by atoms with Crippen LogP contribution in [0.2, 0.25) is 5.02 Å². The van der Waals surface area contributed by atoms with Crippen molar-refractivity contribution in [2.75, 3.05) is 0 Å². The van der Waals surface area contributed by atoms with Gasteiger partial charge in [-0.3, -0.25) is 9.11 Å². The molecule has 3 aromatic rings. The van der Waals surface area contributed by atoms with Crippen LogP contribution in [-0.4, -0.2) is 40.7 Å². The Morgan fingerprint density at radius 2 is 1.74 bits per heavy atom. The van der Waals surface area contributed by atoms with E-state index in [1.807, 2.05) is 0 Å². The van der Waals surface area contributed by atoms with E-state index in [-0.39, 0.29) is 24.6 Å². The van der Waals surface area contributed by atoms with Crippen LogP contribution in [0.25, 0.3) is 22.6 Å². The molecule has 0 radical (unpaired) electrons. The number of hydrogen-bond acceptors (Lipinski definition) is 8.